The van der Waals surface area contributed by atoms with E-state index in [1.165, 1.54) is 0 Å². The monoisotopic (exact) mass is 556 g/mol. The fourth-order valence-electron chi connectivity index (χ4n) is 3.11. The third kappa shape index (κ3) is 4.40. The molecule has 0 fully saturated rings. The number of halogens is 2. The van der Waals surface area contributed by atoms with Crippen molar-refractivity contribution in [1.29, 1.82) is 0 Å². The number of hydrogen-bond donors (Lipinski definition) is 1. The minimum atomic E-state index is 0.410. The summed E-state index contributed by atoms with van der Waals surface area (Å²) in [6, 6.07) is 7.73. The molecule has 0 amide bonds. The van der Waals surface area contributed by atoms with E-state index in [4.69, 9.17) is 16.3 Å². The Balaban J connectivity index is 0.00000124. The van der Waals surface area contributed by atoms with E-state index in [9.17, 15) is 0 Å². The molecule has 4 rings (SSSR count). The molecule has 158 valence electrons. The molecule has 0 aliphatic carbocycles. The number of anilines is 2. The van der Waals surface area contributed by atoms with E-state index in [0.717, 1.165) is 45.2 Å². The Morgan fingerprint density at radius 2 is 1.97 bits per heavy atom. The number of aryl methyl sites for hydroxylation is 2. The van der Waals surface area contributed by atoms with Gasteiger partial charge in [-0.1, -0.05) is 37.6 Å². The lowest BCUT2D eigenvalue weighted by atomic mass is 10.1. The smallest absolute Gasteiger partial charge is 0.167 e. The van der Waals surface area contributed by atoms with E-state index in [1.54, 1.807) is 17.9 Å². The van der Waals surface area contributed by atoms with Gasteiger partial charge in [0.1, 0.15) is 22.2 Å². The van der Waals surface area contributed by atoms with E-state index in [2.05, 4.69) is 46.8 Å². The van der Waals surface area contributed by atoms with Gasteiger partial charge in [0.2, 0.25) is 0 Å². The van der Waals surface area contributed by atoms with Gasteiger partial charge in [-0.2, -0.15) is 5.10 Å². The number of pyridine rings is 1. The predicted molar refractivity (Wildman–Crippen MR) is 135 cm³/mol. The highest BCUT2D eigenvalue weighted by Crippen LogP contribution is 2.40. The Labute approximate surface area is 195 Å². The zero-order valence-corrected chi connectivity index (χ0v) is 21.3. The van der Waals surface area contributed by atoms with Crippen LogP contribution in [0, 0.1) is 6.92 Å². The van der Waals surface area contributed by atoms with Crippen LogP contribution in [0.3, 0.4) is 0 Å². The van der Waals surface area contributed by atoms with Crippen LogP contribution in [-0.4, -0.2) is 31.2 Å². The lowest BCUT2D eigenvalue weighted by Crippen LogP contribution is -1.98. The molecule has 1 aromatic carbocycles. The quantitative estimate of drug-likeness (QED) is 0.176. The number of para-hydroxylation sites is 1. The van der Waals surface area contributed by atoms with Crippen LogP contribution in [0.4, 0.5) is 11.4 Å². The van der Waals surface area contributed by atoms with Crippen molar-refractivity contribution in [2.75, 3.05) is 12.4 Å². The second kappa shape index (κ2) is 9.94. The third-order valence-corrected chi connectivity index (χ3v) is 6.69. The normalized spacial score (nSPS) is 11.0. The van der Waals surface area contributed by atoms with Gasteiger partial charge in [-0.05, 0) is 35.0 Å². The molecular formula is C20H23ClIN6OP. The topological polar surface area (TPSA) is 69.8 Å². The van der Waals surface area contributed by atoms with Crippen LogP contribution in [0.5, 0.6) is 5.75 Å². The Morgan fingerprint density at radius 3 is 2.60 bits per heavy atom. The van der Waals surface area contributed by atoms with Crippen molar-refractivity contribution in [3.63, 3.8) is 0 Å². The van der Waals surface area contributed by atoms with Crippen LogP contribution in [0.1, 0.15) is 19.7 Å². The Bertz CT molecular complexity index is 1180. The molecule has 0 bridgehead atoms. The number of methoxy groups -OCH3 is 1. The van der Waals surface area contributed by atoms with E-state index in [1.807, 2.05) is 58.4 Å². The minimum absolute atomic E-state index is 0.410. The van der Waals surface area contributed by atoms with Crippen LogP contribution in [-0.2, 0) is 7.05 Å². The highest BCUT2D eigenvalue weighted by molar-refractivity contribution is 14.2. The van der Waals surface area contributed by atoms with Gasteiger partial charge >= 0.3 is 0 Å². The number of fused-ring (bicyclic) bond motifs is 1. The zero-order valence-electron chi connectivity index (χ0n) is 17.4. The molecule has 4 aromatic rings. The summed E-state index contributed by atoms with van der Waals surface area (Å²) in [7, 11) is 3.55. The maximum Gasteiger partial charge on any atom is 0.167 e. The molecule has 1 atom stereocenters. The second-order valence-corrected chi connectivity index (χ2v) is 8.61. The Morgan fingerprint density at radius 1 is 1.20 bits per heavy atom. The fourth-order valence-corrected chi connectivity index (χ4v) is 5.44. The SMILES string of the molecule is CC.COc1c(Nc2cc(Cl)nc3c2nc(C)n3PI)cccc1-c1cnn(C)c1. The number of nitrogens with one attached hydrogen (secondary N) is 1. The maximum absolute atomic E-state index is 6.30. The predicted octanol–water partition coefficient (Wildman–Crippen LogP) is 6.36. The zero-order chi connectivity index (χ0) is 21.8. The summed E-state index contributed by atoms with van der Waals surface area (Å²) in [5, 5.41) is 8.11. The summed E-state index contributed by atoms with van der Waals surface area (Å²) in [4.78, 5) is 9.15. The van der Waals surface area contributed by atoms with Gasteiger partial charge < -0.3 is 10.1 Å². The standard InChI is InChI=1S/C18H17ClIN6OP.C2H6/c1-10-22-16-14(7-15(19)24-18(16)26(10)28-20)23-13-6-4-5-12(17(13)27-3)11-8-21-25(2)9-11;1-2/h4-9,28H,1-3H3,(H,23,24);1-2H3. The van der Waals surface area contributed by atoms with Gasteiger partial charge in [-0.25, -0.2) is 9.97 Å². The van der Waals surface area contributed by atoms with Gasteiger partial charge in [0.05, 0.1) is 31.1 Å². The third-order valence-electron chi connectivity index (χ3n) is 4.34. The number of imidazole rings is 1. The number of rotatable bonds is 5. The van der Waals surface area contributed by atoms with Crippen LogP contribution in [0.2, 0.25) is 5.15 Å². The minimum Gasteiger partial charge on any atom is -0.494 e. The molecule has 10 heteroatoms. The number of ether oxygens (including phenoxy) is 1. The summed E-state index contributed by atoms with van der Waals surface area (Å²) in [6.45, 7) is 5.97. The van der Waals surface area contributed by atoms with Crippen LogP contribution in [0.15, 0.2) is 36.7 Å². The average molecular weight is 557 g/mol. The van der Waals surface area contributed by atoms with Crippen molar-refractivity contribution in [1.82, 2.24) is 24.1 Å². The number of nitrogens with zero attached hydrogens (tertiary/aromatic N) is 5. The first-order chi connectivity index (χ1) is 14.5. The van der Waals surface area contributed by atoms with Crippen LogP contribution < -0.4 is 10.1 Å². The highest BCUT2D eigenvalue weighted by atomic mass is 127. The molecule has 1 unspecified atom stereocenters. The van der Waals surface area contributed by atoms with Gasteiger partial charge in [-0.15, -0.1) is 0 Å². The number of benzene rings is 1. The van der Waals surface area contributed by atoms with Crippen molar-refractivity contribution in [3.8, 4) is 16.9 Å². The average Bonchev–Trinajstić information content (AvgIpc) is 3.31. The first kappa shape index (κ1) is 22.8. The van der Waals surface area contributed by atoms with Crippen molar-refractivity contribution in [2.24, 2.45) is 7.05 Å². The molecule has 0 saturated heterocycles. The van der Waals surface area contributed by atoms with Gasteiger partial charge in [0.25, 0.3) is 0 Å². The van der Waals surface area contributed by atoms with E-state index < -0.39 is 0 Å². The van der Waals surface area contributed by atoms with Gasteiger partial charge in [-0.3, -0.25) is 9.02 Å². The summed E-state index contributed by atoms with van der Waals surface area (Å²) in [5.74, 6) is 1.63. The van der Waals surface area contributed by atoms with Crippen molar-refractivity contribution >= 4 is 62.6 Å². The van der Waals surface area contributed by atoms with Crippen LogP contribution >= 0.6 is 40.0 Å². The first-order valence-corrected chi connectivity index (χ1v) is 13.8. The summed E-state index contributed by atoms with van der Waals surface area (Å²) >= 11 is 8.61. The number of hydrogen-bond acceptors (Lipinski definition) is 5. The van der Waals surface area contributed by atoms with Gasteiger partial charge in [0.15, 0.2) is 5.65 Å². The summed E-state index contributed by atoms with van der Waals surface area (Å²) < 4.78 is 9.55. The molecule has 0 spiro atoms. The molecule has 30 heavy (non-hydrogen) atoms. The molecule has 1 N–H and O–H groups in total. The summed E-state index contributed by atoms with van der Waals surface area (Å²) in [5.41, 5.74) is 5.08. The van der Waals surface area contributed by atoms with Crippen LogP contribution in [0.25, 0.3) is 22.3 Å². The van der Waals surface area contributed by atoms with Gasteiger partial charge in [0, 0.05) is 30.4 Å². The Hall–Kier alpha value is -1.90. The van der Waals surface area contributed by atoms with E-state index in [-0.39, 0.29) is 0 Å². The van der Waals surface area contributed by atoms with Crippen molar-refractivity contribution in [3.05, 3.63) is 47.6 Å². The fraction of sp³-hybridized carbons (Fsp3) is 0.250. The molecule has 0 aliphatic heterocycles. The molecule has 0 saturated carbocycles. The molecule has 3 heterocycles. The summed E-state index contributed by atoms with van der Waals surface area (Å²) in [6.07, 6.45) is 4.26. The molecule has 0 aliphatic rings. The highest BCUT2D eigenvalue weighted by Gasteiger charge is 2.17. The van der Waals surface area contributed by atoms with Crippen molar-refractivity contribution in [2.45, 2.75) is 20.8 Å². The number of aromatic nitrogens is 5. The molecule has 3 aromatic heterocycles. The lowest BCUT2D eigenvalue weighted by Gasteiger charge is -2.15. The van der Waals surface area contributed by atoms with E-state index >= 15 is 0 Å². The molecule has 0 radical (unpaired) electrons. The Kier molecular flexibility index (Phi) is 7.55. The largest absolute Gasteiger partial charge is 0.494 e. The van der Waals surface area contributed by atoms with Crippen molar-refractivity contribution < 1.29 is 4.74 Å². The van der Waals surface area contributed by atoms with E-state index in [0.29, 0.717) is 11.5 Å². The maximum atomic E-state index is 6.30. The molecular weight excluding hydrogens is 534 g/mol. The molecule has 7 nitrogen and oxygen atoms in total. The first-order valence-electron chi connectivity index (χ1n) is 9.37. The second-order valence-electron chi connectivity index (χ2n) is 6.16. The lowest BCUT2D eigenvalue weighted by molar-refractivity contribution is 0.418.